The zero-order chi connectivity index (χ0) is 13.2. The zero-order valence-electron chi connectivity index (χ0n) is 11.0. The van der Waals surface area contributed by atoms with E-state index < -0.39 is 0 Å². The van der Waals surface area contributed by atoms with Crippen LogP contribution in [0, 0.1) is 0 Å². The molecule has 0 amide bonds. The molecular weight excluding hydrogens is 256 g/mol. The Labute approximate surface area is 117 Å². The number of aromatic nitrogens is 3. The Morgan fingerprint density at radius 2 is 2.16 bits per heavy atom. The van der Waals surface area contributed by atoms with Gasteiger partial charge in [0.2, 0.25) is 0 Å². The van der Waals surface area contributed by atoms with Crippen molar-refractivity contribution in [2.45, 2.75) is 36.6 Å². The maximum Gasteiger partial charge on any atom is 0.137 e. The molecule has 0 aromatic carbocycles. The molecule has 2 aromatic heterocycles. The standard InChI is InChI=1S/C14H18N4S/c1-19-13-8-10(9-16-14(13)15)12-6-7-18(17-12)11-4-2-3-5-11/h6-9,11H,2-5H2,1H3,(H2,15,16). The van der Waals surface area contributed by atoms with Gasteiger partial charge in [-0.2, -0.15) is 5.10 Å². The largest absolute Gasteiger partial charge is 0.383 e. The SMILES string of the molecule is CSc1cc(-c2ccn(C3CCCC3)n2)cnc1N. The third-order valence-corrected chi connectivity index (χ3v) is 4.47. The van der Waals surface area contributed by atoms with Crippen LogP contribution in [0.15, 0.2) is 29.4 Å². The minimum Gasteiger partial charge on any atom is -0.383 e. The molecule has 0 bridgehead atoms. The number of nitrogens with zero attached hydrogens (tertiary/aromatic N) is 3. The fourth-order valence-electron chi connectivity index (χ4n) is 2.62. The molecule has 2 aromatic rings. The van der Waals surface area contributed by atoms with E-state index in [1.165, 1.54) is 25.7 Å². The highest BCUT2D eigenvalue weighted by atomic mass is 32.2. The molecule has 0 aliphatic heterocycles. The topological polar surface area (TPSA) is 56.7 Å². The van der Waals surface area contributed by atoms with Gasteiger partial charge in [-0.1, -0.05) is 12.8 Å². The summed E-state index contributed by atoms with van der Waals surface area (Å²) in [5, 5.41) is 4.69. The van der Waals surface area contributed by atoms with E-state index >= 15 is 0 Å². The number of rotatable bonds is 3. The van der Waals surface area contributed by atoms with Crippen LogP contribution in [0.1, 0.15) is 31.7 Å². The Hall–Kier alpha value is -1.49. The number of nitrogens with two attached hydrogens (primary N) is 1. The van der Waals surface area contributed by atoms with Crippen LogP contribution < -0.4 is 5.73 Å². The van der Waals surface area contributed by atoms with Gasteiger partial charge in [0.1, 0.15) is 5.82 Å². The quantitative estimate of drug-likeness (QED) is 0.872. The lowest BCUT2D eigenvalue weighted by Crippen LogP contribution is -2.05. The van der Waals surface area contributed by atoms with E-state index in [4.69, 9.17) is 10.8 Å². The summed E-state index contributed by atoms with van der Waals surface area (Å²) in [6.45, 7) is 0. The molecule has 1 aliphatic carbocycles. The van der Waals surface area contributed by atoms with E-state index in [-0.39, 0.29) is 0 Å². The van der Waals surface area contributed by atoms with Crippen LogP contribution in [0.4, 0.5) is 5.82 Å². The lowest BCUT2D eigenvalue weighted by atomic mass is 10.2. The summed E-state index contributed by atoms with van der Waals surface area (Å²) in [6, 6.07) is 4.71. The van der Waals surface area contributed by atoms with E-state index in [1.807, 2.05) is 6.26 Å². The number of pyridine rings is 1. The highest BCUT2D eigenvalue weighted by Crippen LogP contribution is 2.31. The summed E-state index contributed by atoms with van der Waals surface area (Å²) >= 11 is 1.61. The molecule has 1 aliphatic rings. The average Bonchev–Trinajstić information content (AvgIpc) is 3.10. The molecule has 1 saturated carbocycles. The predicted molar refractivity (Wildman–Crippen MR) is 79.2 cm³/mol. The minimum absolute atomic E-state index is 0.579. The monoisotopic (exact) mass is 274 g/mol. The van der Waals surface area contributed by atoms with Crippen molar-refractivity contribution in [3.05, 3.63) is 24.5 Å². The average molecular weight is 274 g/mol. The summed E-state index contributed by atoms with van der Waals surface area (Å²) in [6.07, 6.45) is 11.0. The molecule has 100 valence electrons. The molecule has 2 heterocycles. The number of nitrogen functional groups attached to an aromatic ring is 1. The van der Waals surface area contributed by atoms with Crippen LogP contribution in [0.25, 0.3) is 11.3 Å². The smallest absolute Gasteiger partial charge is 0.137 e. The third-order valence-electron chi connectivity index (χ3n) is 3.70. The van der Waals surface area contributed by atoms with Crippen LogP contribution in [0.5, 0.6) is 0 Å². The molecule has 3 rings (SSSR count). The maximum atomic E-state index is 5.83. The number of hydrogen-bond donors (Lipinski definition) is 1. The second kappa shape index (κ2) is 5.25. The van der Waals surface area contributed by atoms with E-state index in [0.29, 0.717) is 11.9 Å². The lowest BCUT2D eigenvalue weighted by molar-refractivity contribution is 0.468. The van der Waals surface area contributed by atoms with Gasteiger partial charge in [0.25, 0.3) is 0 Å². The van der Waals surface area contributed by atoms with Crippen LogP contribution in [-0.4, -0.2) is 21.0 Å². The molecule has 0 radical (unpaired) electrons. The van der Waals surface area contributed by atoms with Crippen LogP contribution in [-0.2, 0) is 0 Å². The molecule has 0 unspecified atom stereocenters. The van der Waals surface area contributed by atoms with Crippen molar-refractivity contribution < 1.29 is 0 Å². The fourth-order valence-corrected chi connectivity index (χ4v) is 3.13. The van der Waals surface area contributed by atoms with Gasteiger partial charge in [-0.25, -0.2) is 4.98 Å². The Morgan fingerprint density at radius 3 is 2.89 bits per heavy atom. The van der Waals surface area contributed by atoms with Gasteiger partial charge in [0.05, 0.1) is 11.7 Å². The summed E-state index contributed by atoms with van der Waals surface area (Å²) in [5.41, 5.74) is 7.84. The molecule has 5 heteroatoms. The first kappa shape index (κ1) is 12.5. The Bertz CT molecular complexity index is 573. The maximum absolute atomic E-state index is 5.83. The molecule has 2 N–H and O–H groups in total. The van der Waals surface area contributed by atoms with Crippen LogP contribution >= 0.6 is 11.8 Å². The molecule has 1 fully saturated rings. The molecule has 0 saturated heterocycles. The van der Waals surface area contributed by atoms with Crippen molar-refractivity contribution in [1.82, 2.24) is 14.8 Å². The van der Waals surface area contributed by atoms with E-state index in [0.717, 1.165) is 16.2 Å². The summed E-state index contributed by atoms with van der Waals surface area (Å²) in [4.78, 5) is 5.25. The molecule has 4 nitrogen and oxygen atoms in total. The second-order valence-electron chi connectivity index (χ2n) is 4.93. The van der Waals surface area contributed by atoms with Gasteiger partial charge in [0.15, 0.2) is 0 Å². The number of hydrogen-bond acceptors (Lipinski definition) is 4. The van der Waals surface area contributed by atoms with Crippen molar-refractivity contribution in [2.75, 3.05) is 12.0 Å². The number of thioether (sulfide) groups is 1. The predicted octanol–water partition coefficient (Wildman–Crippen LogP) is 3.36. The van der Waals surface area contributed by atoms with E-state index in [9.17, 15) is 0 Å². The Morgan fingerprint density at radius 1 is 1.37 bits per heavy atom. The summed E-state index contributed by atoms with van der Waals surface area (Å²) in [5.74, 6) is 0.589. The molecule has 19 heavy (non-hydrogen) atoms. The van der Waals surface area contributed by atoms with Crippen molar-refractivity contribution in [2.24, 2.45) is 0 Å². The van der Waals surface area contributed by atoms with Crippen molar-refractivity contribution in [1.29, 1.82) is 0 Å². The third kappa shape index (κ3) is 2.47. The Kier molecular flexibility index (Phi) is 3.46. The van der Waals surface area contributed by atoms with Crippen molar-refractivity contribution in [3.63, 3.8) is 0 Å². The highest BCUT2D eigenvalue weighted by molar-refractivity contribution is 7.98. The van der Waals surface area contributed by atoms with Gasteiger partial charge in [-0.3, -0.25) is 4.68 Å². The first-order valence-electron chi connectivity index (χ1n) is 6.63. The summed E-state index contributed by atoms with van der Waals surface area (Å²) in [7, 11) is 0. The van der Waals surface area contributed by atoms with Gasteiger partial charge in [0, 0.05) is 22.9 Å². The lowest BCUT2D eigenvalue weighted by Gasteiger charge is -2.09. The Balaban J connectivity index is 1.89. The van der Waals surface area contributed by atoms with Gasteiger partial charge in [-0.15, -0.1) is 11.8 Å². The number of anilines is 1. The first-order valence-corrected chi connectivity index (χ1v) is 7.85. The highest BCUT2D eigenvalue weighted by Gasteiger charge is 2.18. The van der Waals surface area contributed by atoms with Crippen LogP contribution in [0.2, 0.25) is 0 Å². The fraction of sp³-hybridized carbons (Fsp3) is 0.429. The molecule has 0 atom stereocenters. The molecular formula is C14H18N4S. The van der Waals surface area contributed by atoms with Gasteiger partial charge >= 0.3 is 0 Å². The normalized spacial score (nSPS) is 16.1. The second-order valence-corrected chi connectivity index (χ2v) is 5.78. The van der Waals surface area contributed by atoms with E-state index in [2.05, 4.69) is 28.0 Å². The van der Waals surface area contributed by atoms with Crippen molar-refractivity contribution >= 4 is 17.6 Å². The van der Waals surface area contributed by atoms with Gasteiger partial charge < -0.3 is 5.73 Å². The van der Waals surface area contributed by atoms with Gasteiger partial charge in [-0.05, 0) is 31.2 Å². The van der Waals surface area contributed by atoms with Crippen molar-refractivity contribution in [3.8, 4) is 11.3 Å². The molecule has 0 spiro atoms. The zero-order valence-corrected chi connectivity index (χ0v) is 11.9. The minimum atomic E-state index is 0.579. The first-order chi connectivity index (χ1) is 9.28. The summed E-state index contributed by atoms with van der Waals surface area (Å²) < 4.78 is 2.11. The van der Waals surface area contributed by atoms with E-state index in [1.54, 1.807) is 18.0 Å². The van der Waals surface area contributed by atoms with Crippen LogP contribution in [0.3, 0.4) is 0 Å².